The summed E-state index contributed by atoms with van der Waals surface area (Å²) in [6.07, 6.45) is 0. The molecule has 0 saturated heterocycles. The molecule has 0 heterocycles. The number of rotatable bonds is 2. The van der Waals surface area contributed by atoms with Crippen molar-refractivity contribution in [3.05, 3.63) is 28.8 Å². The molecule has 0 radical (unpaired) electrons. The molecule has 0 fully saturated rings. The van der Waals surface area contributed by atoms with E-state index in [-0.39, 0.29) is 16.4 Å². The van der Waals surface area contributed by atoms with E-state index in [0.717, 1.165) is 0 Å². The van der Waals surface area contributed by atoms with Crippen LogP contribution in [0.15, 0.2) is 18.2 Å². The maximum absolute atomic E-state index is 11.2. The summed E-state index contributed by atoms with van der Waals surface area (Å²) in [6, 6.07) is 4.29. The van der Waals surface area contributed by atoms with Crippen LogP contribution < -0.4 is 10.8 Å². The largest absolute Gasteiger partial charge is 0.489 e. The highest BCUT2D eigenvalue weighted by molar-refractivity contribution is 6.62. The smallest absolute Gasteiger partial charge is 0.423 e. The quantitative estimate of drug-likeness (QED) is 0.574. The number of carbonyl (C=O) groups excluding carboxylic acids is 1. The Hall–Kier alpha value is -1.04. The molecule has 3 N–H and O–H groups in total. The average molecular weight is 213 g/mol. The van der Waals surface area contributed by atoms with E-state index in [0.29, 0.717) is 5.56 Å². The molecular formula is C8H9BClNO3. The third-order valence-corrected chi connectivity index (χ3v) is 2.11. The van der Waals surface area contributed by atoms with Crippen LogP contribution in [0.2, 0.25) is 5.02 Å². The Balaban J connectivity index is 3.13. The first-order valence-corrected chi connectivity index (χ1v) is 4.31. The molecule has 0 aliphatic rings. The summed E-state index contributed by atoms with van der Waals surface area (Å²) in [7, 11) is -0.182. The lowest BCUT2D eigenvalue weighted by Gasteiger charge is -2.05. The lowest BCUT2D eigenvalue weighted by atomic mass is 9.79. The van der Waals surface area contributed by atoms with Gasteiger partial charge in [-0.3, -0.25) is 4.79 Å². The van der Waals surface area contributed by atoms with Crippen molar-refractivity contribution in [1.29, 1.82) is 0 Å². The zero-order valence-electron chi connectivity index (χ0n) is 7.49. The molecule has 0 atom stereocenters. The maximum Gasteiger partial charge on any atom is 0.489 e. The Labute approximate surface area is 86.7 Å². The Morgan fingerprint density at radius 2 is 2.14 bits per heavy atom. The highest BCUT2D eigenvalue weighted by Crippen LogP contribution is 2.08. The molecule has 6 heteroatoms. The van der Waals surface area contributed by atoms with Gasteiger partial charge in [-0.15, -0.1) is 0 Å². The number of hydrogen-bond donors (Lipinski definition) is 3. The lowest BCUT2D eigenvalue weighted by Crippen LogP contribution is -2.32. The first kappa shape index (κ1) is 11.0. The number of nitrogens with one attached hydrogen (secondary N) is 1. The van der Waals surface area contributed by atoms with Gasteiger partial charge in [0.05, 0.1) is 0 Å². The minimum atomic E-state index is -1.67. The number of halogens is 1. The van der Waals surface area contributed by atoms with E-state index in [9.17, 15) is 4.79 Å². The molecule has 0 aliphatic heterocycles. The van der Waals surface area contributed by atoms with Crippen LogP contribution in [-0.4, -0.2) is 30.1 Å². The van der Waals surface area contributed by atoms with E-state index in [1.54, 1.807) is 0 Å². The molecule has 1 amide bonds. The van der Waals surface area contributed by atoms with Crippen LogP contribution in [0.5, 0.6) is 0 Å². The van der Waals surface area contributed by atoms with E-state index >= 15 is 0 Å². The number of carbonyl (C=O) groups is 1. The van der Waals surface area contributed by atoms with E-state index in [1.165, 1.54) is 25.2 Å². The van der Waals surface area contributed by atoms with Gasteiger partial charge in [0.25, 0.3) is 5.91 Å². The standard InChI is InChI=1S/C8H9BClNO3/c1-11-8(12)5-2-3-7(10)6(4-5)9(13)14/h2-4,13-14H,1H3,(H,11,12). The lowest BCUT2D eigenvalue weighted by molar-refractivity contribution is 0.0963. The fraction of sp³-hybridized carbons (Fsp3) is 0.125. The molecule has 0 spiro atoms. The first-order valence-electron chi connectivity index (χ1n) is 3.94. The minimum Gasteiger partial charge on any atom is -0.423 e. The van der Waals surface area contributed by atoms with Crippen LogP contribution >= 0.6 is 11.6 Å². The van der Waals surface area contributed by atoms with Gasteiger partial charge in [0, 0.05) is 23.1 Å². The average Bonchev–Trinajstić information content (AvgIpc) is 2.17. The Bertz CT molecular complexity index is 356. The second-order valence-corrected chi connectivity index (χ2v) is 3.10. The molecule has 0 unspecified atom stereocenters. The van der Waals surface area contributed by atoms with Crippen molar-refractivity contribution in [3.63, 3.8) is 0 Å². The summed E-state index contributed by atoms with van der Waals surface area (Å²) < 4.78 is 0. The predicted octanol–water partition coefficient (Wildman–Crippen LogP) is -0.621. The van der Waals surface area contributed by atoms with Crippen molar-refractivity contribution >= 4 is 30.1 Å². The highest BCUT2D eigenvalue weighted by Gasteiger charge is 2.17. The van der Waals surface area contributed by atoms with Gasteiger partial charge in [-0.2, -0.15) is 0 Å². The first-order chi connectivity index (χ1) is 6.56. The van der Waals surface area contributed by atoms with Gasteiger partial charge >= 0.3 is 7.12 Å². The van der Waals surface area contributed by atoms with E-state index < -0.39 is 7.12 Å². The highest BCUT2D eigenvalue weighted by atomic mass is 35.5. The Morgan fingerprint density at radius 1 is 1.50 bits per heavy atom. The van der Waals surface area contributed by atoms with Crippen molar-refractivity contribution in [1.82, 2.24) is 5.32 Å². The van der Waals surface area contributed by atoms with Gasteiger partial charge in [-0.05, 0) is 18.2 Å². The molecular weight excluding hydrogens is 204 g/mol. The molecule has 1 rings (SSSR count). The summed E-state index contributed by atoms with van der Waals surface area (Å²) in [5.74, 6) is -0.302. The van der Waals surface area contributed by atoms with Gasteiger partial charge in [0.1, 0.15) is 0 Å². The molecule has 4 nitrogen and oxygen atoms in total. The van der Waals surface area contributed by atoms with E-state index in [4.69, 9.17) is 21.6 Å². The van der Waals surface area contributed by atoms with Gasteiger partial charge in [0.2, 0.25) is 0 Å². The van der Waals surface area contributed by atoms with Crippen LogP contribution in [0.3, 0.4) is 0 Å². The Kier molecular flexibility index (Phi) is 3.52. The topological polar surface area (TPSA) is 69.6 Å². The van der Waals surface area contributed by atoms with Crippen molar-refractivity contribution in [3.8, 4) is 0 Å². The Morgan fingerprint density at radius 3 is 2.64 bits per heavy atom. The minimum absolute atomic E-state index is 0.118. The van der Waals surface area contributed by atoms with Crippen LogP contribution in [0.25, 0.3) is 0 Å². The SMILES string of the molecule is CNC(=O)c1ccc(Cl)c(B(O)O)c1. The van der Waals surface area contributed by atoms with Crippen molar-refractivity contribution < 1.29 is 14.8 Å². The van der Waals surface area contributed by atoms with Crippen molar-refractivity contribution in [2.24, 2.45) is 0 Å². The summed E-state index contributed by atoms with van der Waals surface area (Å²) in [5.41, 5.74) is 0.452. The molecule has 0 saturated carbocycles. The van der Waals surface area contributed by atoms with Crippen LogP contribution in [0, 0.1) is 0 Å². The zero-order valence-corrected chi connectivity index (χ0v) is 8.25. The van der Waals surface area contributed by atoms with Crippen molar-refractivity contribution in [2.45, 2.75) is 0 Å². The van der Waals surface area contributed by atoms with Crippen LogP contribution in [0.4, 0.5) is 0 Å². The summed E-state index contributed by atoms with van der Waals surface area (Å²) in [5, 5.41) is 20.5. The van der Waals surface area contributed by atoms with Gasteiger partial charge in [-0.25, -0.2) is 0 Å². The molecule has 0 bridgehead atoms. The second-order valence-electron chi connectivity index (χ2n) is 2.69. The molecule has 14 heavy (non-hydrogen) atoms. The van der Waals surface area contributed by atoms with Crippen LogP contribution in [0.1, 0.15) is 10.4 Å². The summed E-state index contributed by atoms with van der Waals surface area (Å²) in [4.78, 5) is 11.2. The van der Waals surface area contributed by atoms with Crippen molar-refractivity contribution in [2.75, 3.05) is 7.05 Å². The predicted molar refractivity (Wildman–Crippen MR) is 54.7 cm³/mol. The molecule has 74 valence electrons. The fourth-order valence-electron chi connectivity index (χ4n) is 1.03. The van der Waals surface area contributed by atoms with Gasteiger partial charge < -0.3 is 15.4 Å². The maximum atomic E-state index is 11.2. The zero-order chi connectivity index (χ0) is 10.7. The van der Waals surface area contributed by atoms with Gasteiger partial charge in [-0.1, -0.05) is 11.6 Å². The monoisotopic (exact) mass is 213 g/mol. The van der Waals surface area contributed by atoms with E-state index in [2.05, 4.69) is 5.32 Å². The summed E-state index contributed by atoms with van der Waals surface area (Å²) in [6.45, 7) is 0. The summed E-state index contributed by atoms with van der Waals surface area (Å²) >= 11 is 5.69. The second kappa shape index (κ2) is 4.46. The van der Waals surface area contributed by atoms with Crippen LogP contribution in [-0.2, 0) is 0 Å². The third kappa shape index (κ3) is 2.26. The molecule has 0 aromatic heterocycles. The number of benzene rings is 1. The third-order valence-electron chi connectivity index (χ3n) is 1.76. The molecule has 0 aliphatic carbocycles. The molecule has 1 aromatic carbocycles. The fourth-order valence-corrected chi connectivity index (χ4v) is 1.24. The molecule has 1 aromatic rings. The number of amides is 1. The van der Waals surface area contributed by atoms with E-state index in [1.807, 2.05) is 0 Å². The van der Waals surface area contributed by atoms with Gasteiger partial charge in [0.15, 0.2) is 0 Å². The number of hydrogen-bond acceptors (Lipinski definition) is 3. The normalized spacial score (nSPS) is 9.71.